The van der Waals surface area contributed by atoms with Crippen molar-refractivity contribution in [3.8, 4) is 5.69 Å². The Labute approximate surface area is 150 Å². The number of hydrogen-bond acceptors (Lipinski definition) is 5. The zero-order chi connectivity index (χ0) is 18.0. The average Bonchev–Trinajstić information content (AvgIpc) is 3.07. The van der Waals surface area contributed by atoms with E-state index in [1.165, 1.54) is 11.8 Å². The number of hydrogen-bond donors (Lipinski definition) is 1. The Bertz CT molecular complexity index is 880. The topological polar surface area (TPSA) is 73.0 Å². The van der Waals surface area contributed by atoms with Gasteiger partial charge in [-0.3, -0.25) is 4.79 Å². The monoisotopic (exact) mass is 356 g/mol. The summed E-state index contributed by atoms with van der Waals surface area (Å²) in [5, 5.41) is 7.99. The number of aryl methyl sites for hydroxylation is 3. The minimum Gasteiger partial charge on any atom is -0.437 e. The standard InChI is InChI=1S/C18H20N4O2S/c1-11-14(4)24-18(19-11)25-10-16(23)20-17-12(2)21-22(13(17)3)15-8-6-5-7-9-15/h5-9H,10H2,1-4H3,(H,20,23). The summed E-state index contributed by atoms with van der Waals surface area (Å²) in [6, 6.07) is 9.84. The van der Waals surface area contributed by atoms with Crippen LogP contribution in [-0.4, -0.2) is 26.4 Å². The molecule has 3 rings (SSSR count). The summed E-state index contributed by atoms with van der Waals surface area (Å²) >= 11 is 1.28. The van der Waals surface area contributed by atoms with Crippen molar-refractivity contribution in [3.63, 3.8) is 0 Å². The van der Waals surface area contributed by atoms with Crippen molar-refractivity contribution in [3.05, 3.63) is 53.2 Å². The van der Waals surface area contributed by atoms with Gasteiger partial charge in [0.25, 0.3) is 5.22 Å². The van der Waals surface area contributed by atoms with Crippen molar-refractivity contribution in [2.75, 3.05) is 11.1 Å². The van der Waals surface area contributed by atoms with Gasteiger partial charge in [-0.2, -0.15) is 5.10 Å². The Morgan fingerprint density at radius 2 is 1.88 bits per heavy atom. The maximum absolute atomic E-state index is 12.3. The first-order valence-corrected chi connectivity index (χ1v) is 8.92. The number of anilines is 1. The summed E-state index contributed by atoms with van der Waals surface area (Å²) in [4.78, 5) is 16.6. The van der Waals surface area contributed by atoms with E-state index in [1.807, 2.05) is 62.7 Å². The number of carbonyl (C=O) groups is 1. The predicted octanol–water partition coefficient (Wildman–Crippen LogP) is 3.82. The number of nitrogens with zero attached hydrogens (tertiary/aromatic N) is 3. The molecule has 0 aliphatic rings. The fourth-order valence-electron chi connectivity index (χ4n) is 2.45. The van der Waals surface area contributed by atoms with E-state index in [1.54, 1.807) is 0 Å². The van der Waals surface area contributed by atoms with Crippen LogP contribution >= 0.6 is 11.8 Å². The average molecular weight is 356 g/mol. The van der Waals surface area contributed by atoms with Crippen LogP contribution in [0.25, 0.3) is 5.69 Å². The lowest BCUT2D eigenvalue weighted by Crippen LogP contribution is -2.15. The van der Waals surface area contributed by atoms with Crippen LogP contribution < -0.4 is 5.32 Å². The third-order valence-electron chi connectivity index (χ3n) is 3.89. The lowest BCUT2D eigenvalue weighted by Gasteiger charge is -2.06. The maximum Gasteiger partial charge on any atom is 0.256 e. The number of thioether (sulfide) groups is 1. The third-order valence-corrected chi connectivity index (χ3v) is 4.72. The highest BCUT2D eigenvalue weighted by Gasteiger charge is 2.16. The second-order valence-electron chi connectivity index (χ2n) is 5.75. The Morgan fingerprint density at radius 1 is 1.16 bits per heavy atom. The van der Waals surface area contributed by atoms with Crippen molar-refractivity contribution in [1.82, 2.24) is 14.8 Å². The molecule has 1 aromatic carbocycles. The molecule has 2 heterocycles. The van der Waals surface area contributed by atoms with Crippen LogP contribution in [0.1, 0.15) is 22.8 Å². The molecule has 0 spiro atoms. The smallest absolute Gasteiger partial charge is 0.256 e. The molecule has 130 valence electrons. The predicted molar refractivity (Wildman–Crippen MR) is 98.4 cm³/mol. The molecule has 25 heavy (non-hydrogen) atoms. The minimum atomic E-state index is -0.114. The van der Waals surface area contributed by atoms with Crippen molar-refractivity contribution >= 4 is 23.4 Å². The molecule has 7 heteroatoms. The molecular formula is C18H20N4O2S. The fraction of sp³-hybridized carbons (Fsp3) is 0.278. The van der Waals surface area contributed by atoms with Crippen molar-refractivity contribution in [2.24, 2.45) is 0 Å². The second-order valence-corrected chi connectivity index (χ2v) is 6.68. The maximum atomic E-state index is 12.3. The number of rotatable bonds is 5. The summed E-state index contributed by atoms with van der Waals surface area (Å²) in [6.45, 7) is 7.57. The molecule has 0 fully saturated rings. The number of benzene rings is 1. The lowest BCUT2D eigenvalue weighted by atomic mass is 10.3. The van der Waals surface area contributed by atoms with Gasteiger partial charge in [0, 0.05) is 0 Å². The van der Waals surface area contributed by atoms with Crippen molar-refractivity contribution < 1.29 is 9.21 Å². The number of oxazole rings is 1. The van der Waals surface area contributed by atoms with Crippen molar-refractivity contribution in [2.45, 2.75) is 32.9 Å². The first-order valence-electron chi connectivity index (χ1n) is 7.94. The van der Waals surface area contributed by atoms with Crippen LogP contribution in [-0.2, 0) is 4.79 Å². The molecule has 0 radical (unpaired) electrons. The Balaban J connectivity index is 1.70. The number of nitrogens with one attached hydrogen (secondary N) is 1. The molecule has 6 nitrogen and oxygen atoms in total. The normalized spacial score (nSPS) is 10.9. The SMILES string of the molecule is Cc1nc(SCC(=O)Nc2c(C)nn(-c3ccccc3)c2C)oc1C. The van der Waals surface area contributed by atoms with Gasteiger partial charge in [0.2, 0.25) is 5.91 Å². The number of carbonyl (C=O) groups excluding carboxylic acids is 1. The number of para-hydroxylation sites is 1. The van der Waals surface area contributed by atoms with Crippen LogP contribution in [0, 0.1) is 27.7 Å². The van der Waals surface area contributed by atoms with Crippen LogP contribution in [0.3, 0.4) is 0 Å². The Hall–Kier alpha value is -2.54. The van der Waals surface area contributed by atoms with E-state index < -0.39 is 0 Å². The van der Waals surface area contributed by atoms with E-state index in [2.05, 4.69) is 15.4 Å². The van der Waals surface area contributed by atoms with Gasteiger partial charge < -0.3 is 9.73 Å². The van der Waals surface area contributed by atoms with Crippen LogP contribution in [0.5, 0.6) is 0 Å². The second kappa shape index (κ2) is 7.14. The molecule has 1 amide bonds. The highest BCUT2D eigenvalue weighted by atomic mass is 32.2. The van der Waals surface area contributed by atoms with Gasteiger partial charge in [-0.1, -0.05) is 30.0 Å². The molecule has 0 aliphatic heterocycles. The quantitative estimate of drug-likeness (QED) is 0.704. The first-order chi connectivity index (χ1) is 12.0. The third kappa shape index (κ3) is 3.76. The van der Waals surface area contributed by atoms with Gasteiger partial charge in [0.15, 0.2) is 0 Å². The van der Waals surface area contributed by atoms with Gasteiger partial charge in [-0.25, -0.2) is 9.67 Å². The van der Waals surface area contributed by atoms with E-state index in [0.717, 1.165) is 34.2 Å². The lowest BCUT2D eigenvalue weighted by molar-refractivity contribution is -0.113. The summed E-state index contributed by atoms with van der Waals surface area (Å²) in [6.07, 6.45) is 0. The Kier molecular flexibility index (Phi) is 4.94. The first kappa shape index (κ1) is 17.3. The molecule has 0 saturated carbocycles. The van der Waals surface area contributed by atoms with Gasteiger partial charge in [0.1, 0.15) is 5.76 Å². The molecular weight excluding hydrogens is 336 g/mol. The summed E-state index contributed by atoms with van der Waals surface area (Å²) in [5.41, 5.74) is 4.23. The van der Waals surface area contributed by atoms with Gasteiger partial charge >= 0.3 is 0 Å². The zero-order valence-corrected chi connectivity index (χ0v) is 15.5. The minimum absolute atomic E-state index is 0.114. The van der Waals surface area contributed by atoms with Crippen molar-refractivity contribution in [1.29, 1.82) is 0 Å². The molecule has 0 aliphatic carbocycles. The largest absolute Gasteiger partial charge is 0.437 e. The summed E-state index contributed by atoms with van der Waals surface area (Å²) in [7, 11) is 0. The van der Waals surface area contributed by atoms with E-state index in [4.69, 9.17) is 4.42 Å². The molecule has 1 N–H and O–H groups in total. The van der Waals surface area contributed by atoms with Crippen LogP contribution in [0.4, 0.5) is 5.69 Å². The van der Waals surface area contributed by atoms with E-state index in [-0.39, 0.29) is 11.7 Å². The highest BCUT2D eigenvalue weighted by Crippen LogP contribution is 2.24. The molecule has 0 bridgehead atoms. The number of aromatic nitrogens is 3. The molecule has 0 unspecified atom stereocenters. The zero-order valence-electron chi connectivity index (χ0n) is 14.7. The molecule has 2 aromatic heterocycles. The van der Waals surface area contributed by atoms with E-state index >= 15 is 0 Å². The summed E-state index contributed by atoms with van der Waals surface area (Å²) in [5.74, 6) is 0.894. The molecule has 3 aromatic rings. The summed E-state index contributed by atoms with van der Waals surface area (Å²) < 4.78 is 7.31. The molecule has 0 atom stereocenters. The van der Waals surface area contributed by atoms with Gasteiger partial charge in [0.05, 0.1) is 34.2 Å². The fourth-order valence-corrected chi connectivity index (χ4v) is 3.16. The van der Waals surface area contributed by atoms with Crippen LogP contribution in [0.2, 0.25) is 0 Å². The van der Waals surface area contributed by atoms with E-state index in [0.29, 0.717) is 5.22 Å². The van der Waals surface area contributed by atoms with Gasteiger partial charge in [-0.05, 0) is 39.8 Å². The van der Waals surface area contributed by atoms with Gasteiger partial charge in [-0.15, -0.1) is 0 Å². The highest BCUT2D eigenvalue weighted by molar-refractivity contribution is 7.99. The Morgan fingerprint density at radius 3 is 2.52 bits per heavy atom. The number of amides is 1. The van der Waals surface area contributed by atoms with Crippen LogP contribution in [0.15, 0.2) is 40.0 Å². The molecule has 0 saturated heterocycles. The van der Waals surface area contributed by atoms with E-state index in [9.17, 15) is 4.79 Å².